The van der Waals surface area contributed by atoms with Gasteiger partial charge in [0.25, 0.3) is 0 Å². The van der Waals surface area contributed by atoms with Crippen LogP contribution in [0.5, 0.6) is 0 Å². The molecule has 86 valence electrons. The maximum Gasteiger partial charge on any atom is 0.0635 e. The Kier molecular flexibility index (Phi) is 4.94. The minimum absolute atomic E-state index is 0.453. The maximum absolute atomic E-state index is 8.62. The molecule has 0 saturated carbocycles. The standard InChI is InChI=1S/C13H19N3/c1-11(2)16(6-4-5-14)10-13-7-12(3)8-15-9-13/h7-9,11H,4,6,10H2,1-3H3. The van der Waals surface area contributed by atoms with E-state index in [-0.39, 0.29) is 0 Å². The molecule has 0 fully saturated rings. The fraction of sp³-hybridized carbons (Fsp3) is 0.538. The summed E-state index contributed by atoms with van der Waals surface area (Å²) in [4.78, 5) is 6.48. The van der Waals surface area contributed by atoms with Crippen LogP contribution in [0.2, 0.25) is 0 Å². The summed E-state index contributed by atoms with van der Waals surface area (Å²) >= 11 is 0. The molecule has 0 atom stereocenters. The van der Waals surface area contributed by atoms with Crippen molar-refractivity contribution < 1.29 is 0 Å². The molecule has 1 heterocycles. The van der Waals surface area contributed by atoms with E-state index in [9.17, 15) is 0 Å². The summed E-state index contributed by atoms with van der Waals surface area (Å²) in [5.41, 5.74) is 2.40. The van der Waals surface area contributed by atoms with Crippen LogP contribution in [0.25, 0.3) is 0 Å². The molecule has 0 unspecified atom stereocenters. The third-order valence-electron chi connectivity index (χ3n) is 2.56. The SMILES string of the molecule is Cc1cncc(CN(CCC#N)C(C)C)c1. The number of aryl methyl sites for hydroxylation is 1. The number of hydrogen-bond acceptors (Lipinski definition) is 3. The predicted octanol–water partition coefficient (Wildman–Crippen LogP) is 2.51. The van der Waals surface area contributed by atoms with Crippen molar-refractivity contribution in [2.45, 2.75) is 39.8 Å². The molecule has 0 bridgehead atoms. The smallest absolute Gasteiger partial charge is 0.0635 e. The lowest BCUT2D eigenvalue weighted by Crippen LogP contribution is -2.31. The maximum atomic E-state index is 8.62. The molecule has 1 rings (SSSR count). The van der Waals surface area contributed by atoms with Crippen molar-refractivity contribution in [2.24, 2.45) is 0 Å². The molecular weight excluding hydrogens is 198 g/mol. The zero-order valence-electron chi connectivity index (χ0n) is 10.3. The third-order valence-corrected chi connectivity index (χ3v) is 2.56. The molecule has 0 spiro atoms. The second kappa shape index (κ2) is 6.24. The van der Waals surface area contributed by atoms with Crippen LogP contribution in [0.1, 0.15) is 31.4 Å². The lowest BCUT2D eigenvalue weighted by atomic mass is 10.2. The van der Waals surface area contributed by atoms with Crippen molar-refractivity contribution in [3.63, 3.8) is 0 Å². The van der Waals surface area contributed by atoms with Crippen LogP contribution in [0.4, 0.5) is 0 Å². The van der Waals surface area contributed by atoms with Gasteiger partial charge in [0.15, 0.2) is 0 Å². The van der Waals surface area contributed by atoms with Crippen molar-refractivity contribution in [3.05, 3.63) is 29.6 Å². The first-order valence-corrected chi connectivity index (χ1v) is 5.65. The molecule has 0 aliphatic rings. The van der Waals surface area contributed by atoms with E-state index in [0.29, 0.717) is 12.5 Å². The summed E-state index contributed by atoms with van der Waals surface area (Å²) < 4.78 is 0. The van der Waals surface area contributed by atoms with E-state index in [1.807, 2.05) is 19.3 Å². The highest BCUT2D eigenvalue weighted by atomic mass is 15.1. The number of hydrogen-bond donors (Lipinski definition) is 0. The fourth-order valence-electron chi connectivity index (χ4n) is 1.65. The normalized spacial score (nSPS) is 10.8. The molecule has 0 radical (unpaired) electrons. The third kappa shape index (κ3) is 4.00. The highest BCUT2D eigenvalue weighted by Gasteiger charge is 2.09. The Bertz CT molecular complexity index is 366. The molecule has 1 aromatic rings. The number of aromatic nitrogens is 1. The van der Waals surface area contributed by atoms with E-state index in [1.165, 1.54) is 11.1 Å². The molecule has 0 N–H and O–H groups in total. The molecule has 3 nitrogen and oxygen atoms in total. The Morgan fingerprint density at radius 1 is 1.44 bits per heavy atom. The van der Waals surface area contributed by atoms with E-state index in [4.69, 9.17) is 5.26 Å². The van der Waals surface area contributed by atoms with E-state index < -0.39 is 0 Å². The Morgan fingerprint density at radius 2 is 2.19 bits per heavy atom. The van der Waals surface area contributed by atoms with Crippen LogP contribution in [-0.4, -0.2) is 22.5 Å². The Morgan fingerprint density at radius 3 is 2.75 bits per heavy atom. The van der Waals surface area contributed by atoms with Crippen LogP contribution < -0.4 is 0 Å². The van der Waals surface area contributed by atoms with E-state index in [2.05, 4.69) is 35.9 Å². The number of rotatable bonds is 5. The topological polar surface area (TPSA) is 39.9 Å². The molecule has 0 aromatic carbocycles. The molecule has 16 heavy (non-hydrogen) atoms. The summed E-state index contributed by atoms with van der Waals surface area (Å²) in [6, 6.07) is 4.79. The van der Waals surface area contributed by atoms with Gasteiger partial charge in [-0.15, -0.1) is 0 Å². The van der Waals surface area contributed by atoms with Crippen LogP contribution in [0.3, 0.4) is 0 Å². The lowest BCUT2D eigenvalue weighted by Gasteiger charge is -2.25. The first-order valence-electron chi connectivity index (χ1n) is 5.65. The lowest BCUT2D eigenvalue weighted by molar-refractivity contribution is 0.217. The second-order valence-electron chi connectivity index (χ2n) is 4.34. The molecule has 0 aliphatic heterocycles. The molecule has 0 saturated heterocycles. The van der Waals surface area contributed by atoms with Crippen molar-refractivity contribution in [1.29, 1.82) is 5.26 Å². The van der Waals surface area contributed by atoms with E-state index in [1.54, 1.807) is 0 Å². The highest BCUT2D eigenvalue weighted by molar-refractivity contribution is 5.16. The zero-order chi connectivity index (χ0) is 12.0. The van der Waals surface area contributed by atoms with Gasteiger partial charge < -0.3 is 0 Å². The molecule has 3 heteroatoms. The quantitative estimate of drug-likeness (QED) is 0.760. The van der Waals surface area contributed by atoms with Gasteiger partial charge in [-0.3, -0.25) is 9.88 Å². The van der Waals surface area contributed by atoms with Gasteiger partial charge in [0, 0.05) is 37.9 Å². The van der Waals surface area contributed by atoms with Gasteiger partial charge in [0.2, 0.25) is 0 Å². The molecule has 0 aliphatic carbocycles. The van der Waals surface area contributed by atoms with E-state index in [0.717, 1.165) is 13.1 Å². The molecular formula is C13H19N3. The number of nitrogens with zero attached hydrogens (tertiary/aromatic N) is 3. The Labute approximate surface area is 97.7 Å². The first kappa shape index (κ1) is 12.7. The van der Waals surface area contributed by atoms with Gasteiger partial charge in [-0.25, -0.2) is 0 Å². The van der Waals surface area contributed by atoms with Crippen LogP contribution in [-0.2, 0) is 6.54 Å². The Balaban J connectivity index is 2.64. The summed E-state index contributed by atoms with van der Waals surface area (Å²) in [6.07, 6.45) is 4.34. The first-order chi connectivity index (χ1) is 7.63. The van der Waals surface area contributed by atoms with Gasteiger partial charge in [-0.2, -0.15) is 5.26 Å². The highest BCUT2D eigenvalue weighted by Crippen LogP contribution is 2.09. The van der Waals surface area contributed by atoms with Gasteiger partial charge in [-0.05, 0) is 31.9 Å². The fourth-order valence-corrected chi connectivity index (χ4v) is 1.65. The van der Waals surface area contributed by atoms with Crippen LogP contribution >= 0.6 is 0 Å². The van der Waals surface area contributed by atoms with Gasteiger partial charge in [0.05, 0.1) is 6.07 Å². The molecule has 1 aromatic heterocycles. The van der Waals surface area contributed by atoms with Crippen molar-refractivity contribution in [2.75, 3.05) is 6.54 Å². The monoisotopic (exact) mass is 217 g/mol. The summed E-state index contributed by atoms with van der Waals surface area (Å²) in [5.74, 6) is 0. The minimum Gasteiger partial charge on any atom is -0.296 e. The second-order valence-corrected chi connectivity index (χ2v) is 4.34. The number of nitriles is 1. The predicted molar refractivity (Wildman–Crippen MR) is 64.8 cm³/mol. The van der Waals surface area contributed by atoms with Gasteiger partial charge in [0.1, 0.15) is 0 Å². The minimum atomic E-state index is 0.453. The van der Waals surface area contributed by atoms with Crippen LogP contribution in [0, 0.1) is 18.3 Å². The van der Waals surface area contributed by atoms with Crippen LogP contribution in [0.15, 0.2) is 18.5 Å². The summed E-state index contributed by atoms with van der Waals surface area (Å²) in [5, 5.41) is 8.62. The summed E-state index contributed by atoms with van der Waals surface area (Å²) in [7, 11) is 0. The van der Waals surface area contributed by atoms with E-state index >= 15 is 0 Å². The zero-order valence-corrected chi connectivity index (χ0v) is 10.3. The number of pyridine rings is 1. The Hall–Kier alpha value is -1.40. The van der Waals surface area contributed by atoms with Crippen molar-refractivity contribution in [3.8, 4) is 6.07 Å². The molecule has 0 amide bonds. The average Bonchev–Trinajstić information content (AvgIpc) is 2.24. The summed E-state index contributed by atoms with van der Waals surface area (Å²) in [6.45, 7) is 8.04. The van der Waals surface area contributed by atoms with Crippen molar-refractivity contribution in [1.82, 2.24) is 9.88 Å². The van der Waals surface area contributed by atoms with Gasteiger partial charge >= 0.3 is 0 Å². The van der Waals surface area contributed by atoms with Gasteiger partial charge in [-0.1, -0.05) is 6.07 Å². The van der Waals surface area contributed by atoms with Crippen molar-refractivity contribution >= 4 is 0 Å². The average molecular weight is 217 g/mol. The largest absolute Gasteiger partial charge is 0.296 e.